The van der Waals surface area contributed by atoms with Crippen LogP contribution in [0.15, 0.2) is 27.8 Å². The molecule has 0 aliphatic heterocycles. The van der Waals surface area contributed by atoms with E-state index >= 15 is 0 Å². The molecule has 17 heavy (non-hydrogen) atoms. The van der Waals surface area contributed by atoms with Gasteiger partial charge in [0, 0.05) is 13.1 Å². The summed E-state index contributed by atoms with van der Waals surface area (Å²) in [7, 11) is 1.76. The average molecular weight is 254 g/mol. The molecule has 2 rings (SSSR count). The number of rotatable bonds is 3. The number of aromatic amines is 1. The molecule has 0 aliphatic carbocycles. The first-order valence-corrected chi connectivity index (χ1v) is 5.59. The van der Waals surface area contributed by atoms with Crippen LogP contribution in [-0.4, -0.2) is 23.1 Å². The van der Waals surface area contributed by atoms with Crippen LogP contribution >= 0.6 is 11.6 Å². The van der Waals surface area contributed by atoms with Crippen molar-refractivity contribution in [2.24, 2.45) is 0 Å². The maximum absolute atomic E-state index is 12.1. The van der Waals surface area contributed by atoms with E-state index in [-0.39, 0.29) is 5.56 Å². The van der Waals surface area contributed by atoms with Gasteiger partial charge in [0.25, 0.3) is 5.56 Å². The molecule has 2 N–H and O–H groups in total. The summed E-state index contributed by atoms with van der Waals surface area (Å²) in [4.78, 5) is 26.4. The summed E-state index contributed by atoms with van der Waals surface area (Å²) in [6.45, 7) is 0.877. The first-order valence-electron chi connectivity index (χ1n) is 5.21. The van der Waals surface area contributed by atoms with Crippen LogP contribution in [0.3, 0.4) is 0 Å². The number of aromatic nitrogens is 2. The molecule has 90 valence electrons. The first-order chi connectivity index (χ1) is 8.15. The van der Waals surface area contributed by atoms with Crippen LogP contribution in [0.4, 0.5) is 0 Å². The van der Waals surface area contributed by atoms with Crippen molar-refractivity contribution in [3.8, 4) is 0 Å². The molecule has 1 aromatic carbocycles. The summed E-state index contributed by atoms with van der Waals surface area (Å²) >= 11 is 5.93. The van der Waals surface area contributed by atoms with E-state index in [0.717, 1.165) is 4.57 Å². The van der Waals surface area contributed by atoms with E-state index in [4.69, 9.17) is 11.6 Å². The number of halogens is 1. The molecule has 0 unspecified atom stereocenters. The zero-order valence-electron chi connectivity index (χ0n) is 9.29. The minimum Gasteiger partial charge on any atom is -0.318 e. The van der Waals surface area contributed by atoms with E-state index in [1.54, 1.807) is 25.2 Å². The van der Waals surface area contributed by atoms with Crippen molar-refractivity contribution < 1.29 is 0 Å². The van der Waals surface area contributed by atoms with Gasteiger partial charge in [-0.05, 0) is 19.2 Å². The summed E-state index contributed by atoms with van der Waals surface area (Å²) in [6, 6.07) is 4.97. The summed E-state index contributed by atoms with van der Waals surface area (Å²) in [5.74, 6) is 0. The third-order valence-corrected chi connectivity index (χ3v) is 2.87. The number of fused-ring (bicyclic) bond motifs is 1. The number of nitrogens with zero attached hydrogens (tertiary/aromatic N) is 1. The lowest BCUT2D eigenvalue weighted by Crippen LogP contribution is -2.37. The topological polar surface area (TPSA) is 66.9 Å². The number of likely N-dealkylation sites (N-methyl/N-ethyl adjacent to an activating group) is 1. The van der Waals surface area contributed by atoms with Gasteiger partial charge in [-0.1, -0.05) is 17.7 Å². The van der Waals surface area contributed by atoms with Gasteiger partial charge in [0.2, 0.25) is 0 Å². The smallest absolute Gasteiger partial charge is 0.318 e. The molecule has 0 saturated carbocycles. The Balaban J connectivity index is 2.73. The van der Waals surface area contributed by atoms with E-state index in [9.17, 15) is 9.59 Å². The molecule has 0 fully saturated rings. The predicted molar refractivity (Wildman–Crippen MR) is 67.8 cm³/mol. The van der Waals surface area contributed by atoms with Crippen LogP contribution in [-0.2, 0) is 6.54 Å². The first kappa shape index (κ1) is 11.9. The zero-order valence-corrected chi connectivity index (χ0v) is 10.0. The minimum absolute atomic E-state index is 0.318. The van der Waals surface area contributed by atoms with Gasteiger partial charge < -0.3 is 10.3 Å². The van der Waals surface area contributed by atoms with E-state index in [0.29, 0.717) is 29.0 Å². The fraction of sp³-hybridized carbons (Fsp3) is 0.273. The number of para-hydroxylation sites is 1. The molecule has 0 saturated heterocycles. The van der Waals surface area contributed by atoms with Gasteiger partial charge >= 0.3 is 5.69 Å². The Morgan fingerprint density at radius 1 is 1.41 bits per heavy atom. The average Bonchev–Trinajstić information content (AvgIpc) is 2.31. The van der Waals surface area contributed by atoms with Crippen molar-refractivity contribution in [2.75, 3.05) is 13.6 Å². The lowest BCUT2D eigenvalue weighted by molar-refractivity contribution is 0.602. The van der Waals surface area contributed by atoms with Crippen molar-refractivity contribution in [1.82, 2.24) is 14.9 Å². The fourth-order valence-electron chi connectivity index (χ4n) is 1.67. The third kappa shape index (κ3) is 2.11. The standard InChI is InChI=1S/C11H12ClN3O2/c1-13-5-6-15-10(16)7-3-2-4-8(12)9(7)14-11(15)17/h2-4,13H,5-6H2,1H3,(H,14,17). The maximum atomic E-state index is 12.1. The van der Waals surface area contributed by atoms with Gasteiger partial charge in [-0.25, -0.2) is 4.79 Å². The highest BCUT2D eigenvalue weighted by Crippen LogP contribution is 2.16. The van der Waals surface area contributed by atoms with Gasteiger partial charge in [0.1, 0.15) is 0 Å². The molecule has 0 atom stereocenters. The molecule has 1 heterocycles. The second-order valence-electron chi connectivity index (χ2n) is 3.65. The van der Waals surface area contributed by atoms with Crippen LogP contribution in [0, 0.1) is 0 Å². The largest absolute Gasteiger partial charge is 0.328 e. The van der Waals surface area contributed by atoms with E-state index in [1.807, 2.05) is 0 Å². The molecular weight excluding hydrogens is 242 g/mol. The lowest BCUT2D eigenvalue weighted by atomic mass is 10.2. The van der Waals surface area contributed by atoms with Gasteiger partial charge in [-0.2, -0.15) is 0 Å². The van der Waals surface area contributed by atoms with Crippen LogP contribution in [0.25, 0.3) is 10.9 Å². The fourth-order valence-corrected chi connectivity index (χ4v) is 1.89. The van der Waals surface area contributed by atoms with E-state index in [2.05, 4.69) is 10.3 Å². The Morgan fingerprint density at radius 3 is 2.88 bits per heavy atom. The van der Waals surface area contributed by atoms with Crippen molar-refractivity contribution >= 4 is 22.5 Å². The Morgan fingerprint density at radius 2 is 2.18 bits per heavy atom. The zero-order chi connectivity index (χ0) is 12.4. The molecule has 2 aromatic rings. The summed E-state index contributed by atoms with van der Waals surface area (Å²) in [5.41, 5.74) is -0.364. The second-order valence-corrected chi connectivity index (χ2v) is 4.06. The molecule has 0 aliphatic rings. The molecule has 0 spiro atoms. The monoisotopic (exact) mass is 253 g/mol. The maximum Gasteiger partial charge on any atom is 0.328 e. The minimum atomic E-state index is -0.439. The highest BCUT2D eigenvalue weighted by molar-refractivity contribution is 6.34. The number of benzene rings is 1. The SMILES string of the molecule is CNCCn1c(=O)[nH]c2c(Cl)cccc2c1=O. The van der Waals surface area contributed by atoms with Crippen molar-refractivity contribution in [3.63, 3.8) is 0 Å². The summed E-state index contributed by atoms with van der Waals surface area (Å²) < 4.78 is 1.16. The Bertz CT molecular complexity index is 660. The molecule has 0 bridgehead atoms. The summed E-state index contributed by atoms with van der Waals surface area (Å²) in [6.07, 6.45) is 0. The normalized spacial score (nSPS) is 10.9. The van der Waals surface area contributed by atoms with Crippen LogP contribution < -0.4 is 16.6 Å². The molecule has 6 heteroatoms. The molecule has 1 aromatic heterocycles. The Labute approximate surface area is 102 Å². The van der Waals surface area contributed by atoms with E-state index < -0.39 is 5.69 Å². The number of H-pyrrole nitrogens is 1. The van der Waals surface area contributed by atoms with Gasteiger partial charge in [0.05, 0.1) is 15.9 Å². The predicted octanol–water partition coefficient (Wildman–Crippen LogP) is 0.563. The third-order valence-electron chi connectivity index (χ3n) is 2.55. The van der Waals surface area contributed by atoms with Crippen molar-refractivity contribution in [2.45, 2.75) is 6.54 Å². The number of hydrogen-bond acceptors (Lipinski definition) is 3. The van der Waals surface area contributed by atoms with E-state index in [1.165, 1.54) is 0 Å². The Hall–Kier alpha value is -1.59. The number of hydrogen-bond donors (Lipinski definition) is 2. The molecule has 5 nitrogen and oxygen atoms in total. The van der Waals surface area contributed by atoms with Crippen LogP contribution in [0.1, 0.15) is 0 Å². The molecule has 0 amide bonds. The van der Waals surface area contributed by atoms with Crippen molar-refractivity contribution in [3.05, 3.63) is 44.1 Å². The lowest BCUT2D eigenvalue weighted by Gasteiger charge is -2.06. The van der Waals surface area contributed by atoms with Gasteiger partial charge in [0.15, 0.2) is 0 Å². The van der Waals surface area contributed by atoms with Gasteiger partial charge in [-0.15, -0.1) is 0 Å². The highest BCUT2D eigenvalue weighted by atomic mass is 35.5. The quantitative estimate of drug-likeness (QED) is 0.840. The second kappa shape index (κ2) is 4.73. The van der Waals surface area contributed by atoms with Crippen LogP contribution in [0.2, 0.25) is 5.02 Å². The van der Waals surface area contributed by atoms with Crippen molar-refractivity contribution in [1.29, 1.82) is 0 Å². The summed E-state index contributed by atoms with van der Waals surface area (Å²) in [5, 5.41) is 3.69. The van der Waals surface area contributed by atoms with Gasteiger partial charge in [-0.3, -0.25) is 9.36 Å². The molecular formula is C11H12ClN3O2. The Kier molecular flexibility index (Phi) is 3.31. The highest BCUT2D eigenvalue weighted by Gasteiger charge is 2.08. The van der Waals surface area contributed by atoms with Crippen LogP contribution in [0.5, 0.6) is 0 Å². The number of nitrogens with one attached hydrogen (secondary N) is 2. The molecule has 0 radical (unpaired) electrons.